The van der Waals surface area contributed by atoms with Crippen LogP contribution in [0.4, 0.5) is 0 Å². The minimum Gasteiger partial charge on any atom is -0.478 e. The second-order valence-corrected chi connectivity index (χ2v) is 8.66. The third-order valence-electron chi connectivity index (χ3n) is 6.48. The molecule has 31 heavy (non-hydrogen) atoms. The number of benzene rings is 2. The van der Waals surface area contributed by atoms with Crippen molar-refractivity contribution in [2.24, 2.45) is 9.98 Å². The Morgan fingerprint density at radius 1 is 0.710 bits per heavy atom. The zero-order valence-electron chi connectivity index (χ0n) is 18.7. The lowest BCUT2D eigenvalue weighted by molar-refractivity contribution is 0.288. The SMILES string of the molecule is CCC(CC1COC(CC2=NC(CC(CC)c3ccccc3)CO2)=N1)c1ccccc1. The van der Waals surface area contributed by atoms with E-state index in [-0.39, 0.29) is 12.1 Å². The van der Waals surface area contributed by atoms with Crippen LogP contribution in [-0.4, -0.2) is 37.1 Å². The molecule has 2 aromatic carbocycles. The summed E-state index contributed by atoms with van der Waals surface area (Å²) in [6.07, 6.45) is 4.85. The maximum Gasteiger partial charge on any atom is 0.193 e. The van der Waals surface area contributed by atoms with Gasteiger partial charge >= 0.3 is 0 Å². The van der Waals surface area contributed by atoms with Gasteiger partial charge in [0.2, 0.25) is 0 Å². The zero-order chi connectivity index (χ0) is 21.5. The Labute approximate surface area is 186 Å². The molecule has 0 saturated carbocycles. The summed E-state index contributed by atoms with van der Waals surface area (Å²) in [5.41, 5.74) is 2.78. The van der Waals surface area contributed by atoms with Gasteiger partial charge in [-0.2, -0.15) is 0 Å². The number of aliphatic imine (C=N–C) groups is 2. The first-order valence-electron chi connectivity index (χ1n) is 11.7. The number of hydrogen-bond acceptors (Lipinski definition) is 4. The van der Waals surface area contributed by atoms with Crippen LogP contribution in [0.5, 0.6) is 0 Å². The second kappa shape index (κ2) is 10.6. The number of hydrogen-bond donors (Lipinski definition) is 0. The molecule has 4 atom stereocenters. The summed E-state index contributed by atoms with van der Waals surface area (Å²) in [6.45, 7) is 5.83. The molecule has 0 saturated heterocycles. The summed E-state index contributed by atoms with van der Waals surface area (Å²) >= 11 is 0. The summed E-state index contributed by atoms with van der Waals surface area (Å²) in [6, 6.07) is 21.9. The molecule has 0 N–H and O–H groups in total. The van der Waals surface area contributed by atoms with Crippen molar-refractivity contribution in [3.63, 3.8) is 0 Å². The quantitative estimate of drug-likeness (QED) is 0.465. The van der Waals surface area contributed by atoms with Crippen molar-refractivity contribution in [3.05, 3.63) is 71.8 Å². The van der Waals surface area contributed by atoms with Crippen molar-refractivity contribution >= 4 is 11.8 Å². The molecule has 0 aliphatic carbocycles. The van der Waals surface area contributed by atoms with E-state index in [4.69, 9.17) is 19.5 Å². The van der Waals surface area contributed by atoms with Gasteiger partial charge in [-0.05, 0) is 48.6 Å². The minimum absolute atomic E-state index is 0.223. The Hall–Kier alpha value is -2.62. The summed E-state index contributed by atoms with van der Waals surface area (Å²) in [5, 5.41) is 0. The van der Waals surface area contributed by atoms with Crippen LogP contribution in [0, 0.1) is 0 Å². The largest absolute Gasteiger partial charge is 0.478 e. The Balaban J connectivity index is 1.31. The van der Waals surface area contributed by atoms with Gasteiger partial charge < -0.3 is 9.47 Å². The zero-order valence-corrected chi connectivity index (χ0v) is 18.7. The summed E-state index contributed by atoms with van der Waals surface area (Å²) < 4.78 is 11.8. The van der Waals surface area contributed by atoms with Crippen molar-refractivity contribution in [3.8, 4) is 0 Å². The van der Waals surface area contributed by atoms with E-state index in [2.05, 4.69) is 74.5 Å². The van der Waals surface area contributed by atoms with Crippen LogP contribution in [0.15, 0.2) is 70.6 Å². The molecule has 0 spiro atoms. The van der Waals surface area contributed by atoms with Crippen LogP contribution < -0.4 is 0 Å². The van der Waals surface area contributed by atoms with Crippen LogP contribution >= 0.6 is 0 Å². The molecule has 0 fully saturated rings. The fourth-order valence-electron chi connectivity index (χ4n) is 4.69. The Morgan fingerprint density at radius 3 is 1.52 bits per heavy atom. The van der Waals surface area contributed by atoms with Gasteiger partial charge in [0.15, 0.2) is 11.8 Å². The molecule has 2 aliphatic heterocycles. The van der Waals surface area contributed by atoms with Crippen molar-refractivity contribution < 1.29 is 9.47 Å². The number of ether oxygens (including phenoxy) is 2. The normalized spacial score (nSPS) is 22.3. The first-order chi connectivity index (χ1) is 15.2. The molecular formula is C27H34N2O2. The molecule has 4 heteroatoms. The van der Waals surface area contributed by atoms with E-state index in [1.807, 2.05) is 0 Å². The van der Waals surface area contributed by atoms with Gasteiger partial charge in [0.05, 0.1) is 18.5 Å². The highest BCUT2D eigenvalue weighted by molar-refractivity contribution is 5.98. The van der Waals surface area contributed by atoms with Crippen LogP contribution in [0.1, 0.15) is 68.9 Å². The van der Waals surface area contributed by atoms with Crippen molar-refractivity contribution in [2.45, 2.75) is 69.9 Å². The average Bonchev–Trinajstić information content (AvgIpc) is 3.46. The van der Waals surface area contributed by atoms with Crippen molar-refractivity contribution in [2.75, 3.05) is 13.2 Å². The molecule has 164 valence electrons. The van der Waals surface area contributed by atoms with Gasteiger partial charge in [-0.25, -0.2) is 9.98 Å². The van der Waals surface area contributed by atoms with Crippen molar-refractivity contribution in [1.29, 1.82) is 0 Å². The van der Waals surface area contributed by atoms with Gasteiger partial charge in [0, 0.05) is 0 Å². The first kappa shape index (κ1) is 21.6. The van der Waals surface area contributed by atoms with Crippen molar-refractivity contribution in [1.82, 2.24) is 0 Å². The Morgan fingerprint density at radius 2 is 1.13 bits per heavy atom. The molecule has 0 amide bonds. The molecule has 2 aromatic rings. The molecule has 4 nitrogen and oxygen atoms in total. The van der Waals surface area contributed by atoms with E-state index in [1.165, 1.54) is 11.1 Å². The third-order valence-corrected chi connectivity index (χ3v) is 6.48. The maximum absolute atomic E-state index is 5.90. The molecule has 4 rings (SSSR count). The highest BCUT2D eigenvalue weighted by Gasteiger charge is 2.27. The predicted molar refractivity (Wildman–Crippen MR) is 127 cm³/mol. The van der Waals surface area contributed by atoms with Crippen LogP contribution in [0.25, 0.3) is 0 Å². The highest BCUT2D eigenvalue weighted by atomic mass is 16.5. The smallest absolute Gasteiger partial charge is 0.193 e. The molecule has 0 radical (unpaired) electrons. The number of rotatable bonds is 10. The van der Waals surface area contributed by atoms with Crippen LogP contribution in [0.3, 0.4) is 0 Å². The number of nitrogens with zero attached hydrogens (tertiary/aromatic N) is 2. The molecule has 0 aromatic heterocycles. The summed E-state index contributed by atoms with van der Waals surface area (Å²) in [5.74, 6) is 2.60. The standard InChI is InChI=1S/C27H34N2O2/c1-3-20(22-11-7-5-8-12-22)15-24-18-30-26(28-24)17-27-29-25(19-31-27)16-21(4-2)23-13-9-6-10-14-23/h5-14,20-21,24-25H,3-4,15-19H2,1-2H3. The second-order valence-electron chi connectivity index (χ2n) is 8.66. The highest BCUT2D eigenvalue weighted by Crippen LogP contribution is 2.29. The molecule has 0 bridgehead atoms. The van der Waals surface area contributed by atoms with Gasteiger partial charge in [0.25, 0.3) is 0 Å². The monoisotopic (exact) mass is 418 g/mol. The van der Waals surface area contributed by atoms with Gasteiger partial charge in [-0.15, -0.1) is 0 Å². The Bertz CT molecular complexity index is 805. The predicted octanol–water partition coefficient (Wildman–Crippen LogP) is 6.14. The molecular weight excluding hydrogens is 384 g/mol. The average molecular weight is 419 g/mol. The van der Waals surface area contributed by atoms with Crippen LogP contribution in [-0.2, 0) is 9.47 Å². The van der Waals surface area contributed by atoms with E-state index in [0.29, 0.717) is 31.5 Å². The topological polar surface area (TPSA) is 43.2 Å². The molecule has 2 aliphatic rings. The Kier molecular flexibility index (Phi) is 7.39. The van der Waals surface area contributed by atoms with E-state index in [1.54, 1.807) is 0 Å². The fourth-order valence-corrected chi connectivity index (χ4v) is 4.69. The fraction of sp³-hybridized carbons (Fsp3) is 0.481. The molecule has 4 unspecified atom stereocenters. The molecule has 2 heterocycles. The van der Waals surface area contributed by atoms with Gasteiger partial charge in [0.1, 0.15) is 13.2 Å². The summed E-state index contributed by atoms with van der Waals surface area (Å²) in [7, 11) is 0. The third kappa shape index (κ3) is 5.75. The lowest BCUT2D eigenvalue weighted by Gasteiger charge is -2.17. The van der Waals surface area contributed by atoms with Gasteiger partial charge in [-0.3, -0.25) is 0 Å². The first-order valence-corrected chi connectivity index (χ1v) is 11.7. The maximum atomic E-state index is 5.90. The van der Waals surface area contributed by atoms with Gasteiger partial charge in [-0.1, -0.05) is 74.5 Å². The van der Waals surface area contributed by atoms with Crippen LogP contribution in [0.2, 0.25) is 0 Å². The lowest BCUT2D eigenvalue weighted by atomic mass is 9.90. The van der Waals surface area contributed by atoms with E-state index in [0.717, 1.165) is 37.5 Å². The van der Waals surface area contributed by atoms with E-state index < -0.39 is 0 Å². The summed E-state index contributed by atoms with van der Waals surface area (Å²) in [4.78, 5) is 9.70. The lowest BCUT2D eigenvalue weighted by Crippen LogP contribution is -2.12. The minimum atomic E-state index is 0.223. The van der Waals surface area contributed by atoms with E-state index in [9.17, 15) is 0 Å². The van der Waals surface area contributed by atoms with E-state index >= 15 is 0 Å².